The molecule has 1 aromatic heterocycles. The van der Waals surface area contributed by atoms with Crippen LogP contribution in [0.25, 0.3) is 10.2 Å². The van der Waals surface area contributed by atoms with Gasteiger partial charge in [-0.3, -0.25) is 0 Å². The Bertz CT molecular complexity index is 984. The van der Waals surface area contributed by atoms with Crippen LogP contribution in [-0.4, -0.2) is 42.1 Å². The number of urea groups is 1. The van der Waals surface area contributed by atoms with E-state index in [9.17, 15) is 18.0 Å². The van der Waals surface area contributed by atoms with Crippen LogP contribution in [0.1, 0.15) is 0 Å². The van der Waals surface area contributed by atoms with Crippen molar-refractivity contribution in [1.29, 1.82) is 0 Å². The molecule has 1 N–H and O–H groups in total. The first-order chi connectivity index (χ1) is 13.0. The summed E-state index contributed by atoms with van der Waals surface area (Å²) < 4.78 is 40.6. The smallest absolute Gasteiger partial charge is 0.321 e. The van der Waals surface area contributed by atoms with Crippen LogP contribution >= 0.6 is 11.3 Å². The summed E-state index contributed by atoms with van der Waals surface area (Å²) in [7, 11) is 0. The van der Waals surface area contributed by atoms with E-state index in [4.69, 9.17) is 0 Å². The molecule has 1 aliphatic rings. The monoisotopic (exact) mass is 392 g/mol. The molecule has 1 fully saturated rings. The zero-order valence-corrected chi connectivity index (χ0v) is 14.9. The molecule has 27 heavy (non-hydrogen) atoms. The number of thiazole rings is 1. The summed E-state index contributed by atoms with van der Waals surface area (Å²) in [6.07, 6.45) is 0. The molecule has 0 spiro atoms. The van der Waals surface area contributed by atoms with Crippen molar-refractivity contribution in [3.8, 4) is 0 Å². The Morgan fingerprint density at radius 2 is 1.70 bits per heavy atom. The van der Waals surface area contributed by atoms with Crippen molar-refractivity contribution in [2.45, 2.75) is 0 Å². The van der Waals surface area contributed by atoms with Gasteiger partial charge in [0.1, 0.15) is 17.2 Å². The number of aromatic nitrogens is 1. The fourth-order valence-electron chi connectivity index (χ4n) is 2.92. The lowest BCUT2D eigenvalue weighted by atomic mass is 10.3. The van der Waals surface area contributed by atoms with Crippen molar-refractivity contribution in [2.24, 2.45) is 0 Å². The van der Waals surface area contributed by atoms with Gasteiger partial charge in [-0.05, 0) is 30.3 Å². The molecule has 0 unspecified atom stereocenters. The summed E-state index contributed by atoms with van der Waals surface area (Å²) in [5.74, 6) is -1.67. The molecule has 3 aromatic rings. The van der Waals surface area contributed by atoms with Crippen LogP contribution in [0.4, 0.5) is 28.8 Å². The first-order valence-corrected chi connectivity index (χ1v) is 9.13. The minimum absolute atomic E-state index is 0.160. The summed E-state index contributed by atoms with van der Waals surface area (Å²) in [6, 6.07) is 7.39. The van der Waals surface area contributed by atoms with Crippen molar-refractivity contribution in [3.05, 3.63) is 53.8 Å². The number of rotatable bonds is 2. The highest BCUT2D eigenvalue weighted by Crippen LogP contribution is 2.31. The highest BCUT2D eigenvalue weighted by Gasteiger charge is 2.24. The number of amides is 2. The molecule has 0 radical (unpaired) electrons. The van der Waals surface area contributed by atoms with E-state index >= 15 is 0 Å². The molecule has 0 bridgehead atoms. The first-order valence-electron chi connectivity index (χ1n) is 8.31. The number of nitrogens with one attached hydrogen (secondary N) is 1. The Balaban J connectivity index is 1.40. The topological polar surface area (TPSA) is 48.5 Å². The number of nitrogens with zero attached hydrogens (tertiary/aromatic N) is 3. The predicted octanol–water partition coefficient (Wildman–Crippen LogP) is 4.07. The molecule has 1 aliphatic heterocycles. The molecule has 5 nitrogen and oxygen atoms in total. The van der Waals surface area contributed by atoms with E-state index in [1.807, 2.05) is 4.90 Å². The van der Waals surface area contributed by atoms with Gasteiger partial charge < -0.3 is 15.1 Å². The fraction of sp³-hybridized carbons (Fsp3) is 0.222. The summed E-state index contributed by atoms with van der Waals surface area (Å²) >= 11 is 1.23. The third-order valence-electron chi connectivity index (χ3n) is 4.33. The average Bonchev–Trinajstić information content (AvgIpc) is 3.08. The number of anilines is 2. The zero-order chi connectivity index (χ0) is 19.0. The molecule has 0 atom stereocenters. The maximum Gasteiger partial charge on any atom is 0.321 e. The van der Waals surface area contributed by atoms with Gasteiger partial charge in [0.25, 0.3) is 0 Å². The van der Waals surface area contributed by atoms with Crippen molar-refractivity contribution < 1.29 is 18.0 Å². The van der Waals surface area contributed by atoms with Gasteiger partial charge >= 0.3 is 6.03 Å². The predicted molar refractivity (Wildman–Crippen MR) is 98.7 cm³/mol. The van der Waals surface area contributed by atoms with E-state index in [-0.39, 0.29) is 17.4 Å². The molecule has 0 aliphatic carbocycles. The van der Waals surface area contributed by atoms with Gasteiger partial charge in [0.2, 0.25) is 0 Å². The Kier molecular flexibility index (Phi) is 4.61. The van der Waals surface area contributed by atoms with Crippen LogP contribution < -0.4 is 10.2 Å². The molecule has 140 valence electrons. The Hall–Kier alpha value is -2.81. The van der Waals surface area contributed by atoms with Crippen molar-refractivity contribution in [2.75, 3.05) is 36.4 Å². The molecule has 2 amide bonds. The minimum Gasteiger partial charge on any atom is -0.345 e. The van der Waals surface area contributed by atoms with E-state index in [2.05, 4.69) is 10.3 Å². The Morgan fingerprint density at radius 1 is 1.00 bits per heavy atom. The van der Waals surface area contributed by atoms with Crippen LogP contribution in [0.15, 0.2) is 36.4 Å². The average molecular weight is 392 g/mol. The first kappa shape index (κ1) is 17.6. The van der Waals surface area contributed by atoms with Crippen LogP contribution in [0, 0.1) is 17.5 Å². The normalized spacial score (nSPS) is 14.6. The van der Waals surface area contributed by atoms with Gasteiger partial charge in [-0.2, -0.15) is 0 Å². The number of benzene rings is 2. The van der Waals surface area contributed by atoms with E-state index in [0.29, 0.717) is 41.7 Å². The van der Waals surface area contributed by atoms with Gasteiger partial charge in [0, 0.05) is 37.9 Å². The summed E-state index contributed by atoms with van der Waals surface area (Å²) in [6.45, 7) is 1.97. The lowest BCUT2D eigenvalue weighted by Crippen LogP contribution is -2.50. The highest BCUT2D eigenvalue weighted by molar-refractivity contribution is 7.22. The second-order valence-electron chi connectivity index (χ2n) is 6.14. The van der Waals surface area contributed by atoms with Gasteiger partial charge in [-0.1, -0.05) is 11.3 Å². The van der Waals surface area contributed by atoms with Crippen molar-refractivity contribution in [3.63, 3.8) is 0 Å². The summed E-state index contributed by atoms with van der Waals surface area (Å²) in [5.41, 5.74) is 0.681. The van der Waals surface area contributed by atoms with Gasteiger partial charge in [-0.25, -0.2) is 22.9 Å². The van der Waals surface area contributed by atoms with E-state index in [1.165, 1.54) is 41.7 Å². The standard InChI is InChI=1S/C18H15F3N4OS/c19-11-1-3-13(4-2-11)22-17(26)24-5-7-25(8-6-24)18-23-16-14(21)9-12(20)10-15(16)27-18/h1-4,9-10H,5-8H2,(H,22,26). The molecule has 9 heteroatoms. The Labute approximate surface area is 157 Å². The van der Waals surface area contributed by atoms with Crippen LogP contribution in [0.2, 0.25) is 0 Å². The van der Waals surface area contributed by atoms with Gasteiger partial charge in [0.05, 0.1) is 4.70 Å². The lowest BCUT2D eigenvalue weighted by Gasteiger charge is -2.34. The van der Waals surface area contributed by atoms with Crippen molar-refractivity contribution in [1.82, 2.24) is 9.88 Å². The molecule has 0 saturated carbocycles. The number of halogens is 3. The lowest BCUT2D eigenvalue weighted by molar-refractivity contribution is 0.208. The Morgan fingerprint density at radius 3 is 2.41 bits per heavy atom. The molecule has 2 heterocycles. The van der Waals surface area contributed by atoms with E-state index in [0.717, 1.165) is 6.07 Å². The zero-order valence-electron chi connectivity index (χ0n) is 14.1. The molecular weight excluding hydrogens is 377 g/mol. The molecular formula is C18H15F3N4OS. The molecule has 1 saturated heterocycles. The number of piperazine rings is 1. The quantitative estimate of drug-likeness (QED) is 0.715. The maximum absolute atomic E-state index is 13.8. The molecule has 4 rings (SSSR count). The maximum atomic E-state index is 13.8. The third-order valence-corrected chi connectivity index (χ3v) is 5.40. The number of hydrogen-bond acceptors (Lipinski definition) is 4. The highest BCUT2D eigenvalue weighted by atomic mass is 32.1. The largest absolute Gasteiger partial charge is 0.345 e. The van der Waals surface area contributed by atoms with Crippen LogP contribution in [-0.2, 0) is 0 Å². The second-order valence-corrected chi connectivity index (χ2v) is 7.15. The summed E-state index contributed by atoms with van der Waals surface area (Å²) in [5, 5.41) is 3.33. The summed E-state index contributed by atoms with van der Waals surface area (Å²) in [4.78, 5) is 20.2. The number of fused-ring (bicyclic) bond motifs is 1. The minimum atomic E-state index is -0.676. The number of carbonyl (C=O) groups excluding carboxylic acids is 1. The number of hydrogen-bond donors (Lipinski definition) is 1. The SMILES string of the molecule is O=C(Nc1ccc(F)cc1)N1CCN(c2nc3c(F)cc(F)cc3s2)CC1. The second kappa shape index (κ2) is 7.07. The number of carbonyl (C=O) groups is 1. The van der Waals surface area contributed by atoms with Gasteiger partial charge in [-0.15, -0.1) is 0 Å². The van der Waals surface area contributed by atoms with Gasteiger partial charge in [0.15, 0.2) is 10.9 Å². The van der Waals surface area contributed by atoms with Crippen molar-refractivity contribution >= 4 is 38.4 Å². The van der Waals surface area contributed by atoms with E-state index < -0.39 is 11.6 Å². The van der Waals surface area contributed by atoms with Crippen LogP contribution in [0.5, 0.6) is 0 Å². The molecule has 2 aromatic carbocycles. The van der Waals surface area contributed by atoms with E-state index in [1.54, 1.807) is 4.90 Å². The third kappa shape index (κ3) is 3.68. The fourth-order valence-corrected chi connectivity index (χ4v) is 3.97. The van der Waals surface area contributed by atoms with Crippen LogP contribution in [0.3, 0.4) is 0 Å².